The van der Waals surface area contributed by atoms with Crippen LogP contribution in [-0.4, -0.2) is 18.5 Å². The summed E-state index contributed by atoms with van der Waals surface area (Å²) >= 11 is 3.39. The lowest BCUT2D eigenvalue weighted by atomic mass is 9.82. The van der Waals surface area contributed by atoms with Gasteiger partial charge in [0, 0.05) is 23.0 Å². The van der Waals surface area contributed by atoms with Crippen LogP contribution in [0.15, 0.2) is 28.7 Å². The van der Waals surface area contributed by atoms with Crippen molar-refractivity contribution in [3.05, 3.63) is 28.7 Å². The summed E-state index contributed by atoms with van der Waals surface area (Å²) < 4.78 is 6.10. The lowest BCUT2D eigenvalue weighted by molar-refractivity contribution is -0.144. The summed E-state index contributed by atoms with van der Waals surface area (Å²) in [7, 11) is 0. The van der Waals surface area contributed by atoms with Gasteiger partial charge in [-0.3, -0.25) is 9.59 Å². The Kier molecular flexibility index (Phi) is 5.28. The fourth-order valence-corrected chi connectivity index (χ4v) is 4.54. The van der Waals surface area contributed by atoms with Crippen LogP contribution in [0.3, 0.4) is 0 Å². The van der Waals surface area contributed by atoms with E-state index in [9.17, 15) is 9.59 Å². The summed E-state index contributed by atoms with van der Waals surface area (Å²) in [5.74, 6) is 0.772. The molecule has 2 unspecified atom stereocenters. The summed E-state index contributed by atoms with van der Waals surface area (Å²) in [6, 6.07) is 7.63. The van der Waals surface area contributed by atoms with Crippen LogP contribution < -0.4 is 5.32 Å². The number of amides is 1. The Hall–Kier alpha value is -1.36. The van der Waals surface area contributed by atoms with Crippen molar-refractivity contribution < 1.29 is 14.3 Å². The highest BCUT2D eigenvalue weighted by molar-refractivity contribution is 9.10. The zero-order valence-electron chi connectivity index (χ0n) is 14.0. The lowest BCUT2D eigenvalue weighted by Crippen LogP contribution is -2.24. The van der Waals surface area contributed by atoms with Gasteiger partial charge in [0.15, 0.2) is 0 Å². The number of esters is 1. The number of carbonyl (C=O) groups is 2. The molecule has 0 radical (unpaired) electrons. The molecule has 24 heavy (non-hydrogen) atoms. The van der Waals surface area contributed by atoms with E-state index in [1.165, 1.54) is 0 Å². The van der Waals surface area contributed by atoms with E-state index in [0.29, 0.717) is 31.3 Å². The first-order valence-corrected chi connectivity index (χ1v) is 9.54. The van der Waals surface area contributed by atoms with Crippen LogP contribution in [0, 0.1) is 17.3 Å². The van der Waals surface area contributed by atoms with Crippen molar-refractivity contribution in [2.75, 3.05) is 11.9 Å². The highest BCUT2D eigenvalue weighted by Gasteiger charge is 2.58. The molecule has 3 rings (SSSR count). The van der Waals surface area contributed by atoms with E-state index < -0.39 is 0 Å². The molecule has 2 aliphatic rings. The predicted molar refractivity (Wildman–Crippen MR) is 96.5 cm³/mol. The van der Waals surface area contributed by atoms with E-state index in [1.54, 1.807) is 0 Å². The summed E-state index contributed by atoms with van der Waals surface area (Å²) in [6.07, 6.45) is 5.43. The zero-order valence-corrected chi connectivity index (χ0v) is 15.6. The highest BCUT2D eigenvalue weighted by Crippen LogP contribution is 2.66. The van der Waals surface area contributed by atoms with Crippen molar-refractivity contribution in [1.82, 2.24) is 0 Å². The van der Waals surface area contributed by atoms with E-state index in [0.717, 1.165) is 35.8 Å². The number of anilines is 1. The monoisotopic (exact) mass is 393 g/mol. The van der Waals surface area contributed by atoms with Gasteiger partial charge in [-0.05, 0) is 74.1 Å². The second kappa shape index (κ2) is 7.26. The molecule has 0 bridgehead atoms. The molecule has 4 nitrogen and oxygen atoms in total. The minimum Gasteiger partial charge on any atom is -0.466 e. The Labute approximate surface area is 151 Å². The van der Waals surface area contributed by atoms with Crippen molar-refractivity contribution in [2.45, 2.75) is 45.4 Å². The minimum absolute atomic E-state index is 0.0744. The van der Waals surface area contributed by atoms with Gasteiger partial charge in [0.05, 0.1) is 6.61 Å². The molecule has 1 spiro atoms. The molecule has 2 saturated carbocycles. The summed E-state index contributed by atoms with van der Waals surface area (Å²) in [5.41, 5.74) is 1.04. The van der Waals surface area contributed by atoms with E-state index in [1.807, 2.05) is 31.2 Å². The van der Waals surface area contributed by atoms with Gasteiger partial charge in [0.25, 0.3) is 0 Å². The lowest BCUT2D eigenvalue weighted by Gasteiger charge is -2.23. The summed E-state index contributed by atoms with van der Waals surface area (Å²) in [5, 5.41) is 2.99. The molecule has 2 aliphatic carbocycles. The molecule has 0 aromatic heterocycles. The SMILES string of the molecule is CCOC(=O)CC1CCC(CC(=O)Nc2ccc(Br)cc2)C12CC2. The van der Waals surface area contributed by atoms with Gasteiger partial charge in [0.1, 0.15) is 0 Å². The fourth-order valence-electron chi connectivity index (χ4n) is 4.27. The number of hydrogen-bond acceptors (Lipinski definition) is 3. The average Bonchev–Trinajstić information content (AvgIpc) is 3.27. The number of rotatable bonds is 6. The molecule has 2 atom stereocenters. The van der Waals surface area contributed by atoms with Crippen molar-refractivity contribution in [1.29, 1.82) is 0 Å². The van der Waals surface area contributed by atoms with Crippen LogP contribution in [0.1, 0.15) is 45.4 Å². The van der Waals surface area contributed by atoms with E-state index in [4.69, 9.17) is 4.74 Å². The van der Waals surface area contributed by atoms with Crippen LogP contribution in [0.25, 0.3) is 0 Å². The van der Waals surface area contributed by atoms with Crippen LogP contribution in [-0.2, 0) is 14.3 Å². The number of nitrogens with one attached hydrogen (secondary N) is 1. The first-order valence-electron chi connectivity index (χ1n) is 8.74. The number of benzene rings is 1. The van der Waals surface area contributed by atoms with Gasteiger partial charge in [-0.15, -0.1) is 0 Å². The van der Waals surface area contributed by atoms with Crippen molar-refractivity contribution >= 4 is 33.5 Å². The molecule has 0 saturated heterocycles. The Balaban J connectivity index is 1.55. The van der Waals surface area contributed by atoms with Crippen LogP contribution >= 0.6 is 15.9 Å². The Morgan fingerprint density at radius 3 is 2.38 bits per heavy atom. The molecule has 1 aromatic rings. The van der Waals surface area contributed by atoms with Gasteiger partial charge >= 0.3 is 5.97 Å². The van der Waals surface area contributed by atoms with Gasteiger partial charge in [0.2, 0.25) is 5.91 Å². The van der Waals surface area contributed by atoms with Crippen LogP contribution in [0.4, 0.5) is 5.69 Å². The maximum Gasteiger partial charge on any atom is 0.306 e. The quantitative estimate of drug-likeness (QED) is 0.721. The van der Waals surface area contributed by atoms with Gasteiger partial charge in [-0.2, -0.15) is 0 Å². The molecule has 1 aromatic carbocycles. The third kappa shape index (κ3) is 3.82. The Morgan fingerprint density at radius 1 is 1.17 bits per heavy atom. The number of ether oxygens (including phenoxy) is 1. The fraction of sp³-hybridized carbons (Fsp3) is 0.579. The predicted octanol–water partition coefficient (Wildman–Crippen LogP) is 4.54. The first-order chi connectivity index (χ1) is 11.5. The maximum absolute atomic E-state index is 12.4. The second-order valence-electron chi connectivity index (χ2n) is 6.97. The Bertz CT molecular complexity index is 610. The zero-order chi connectivity index (χ0) is 17.2. The molecule has 130 valence electrons. The Morgan fingerprint density at radius 2 is 1.79 bits per heavy atom. The molecule has 2 fully saturated rings. The molecule has 0 heterocycles. The number of halogens is 1. The highest BCUT2D eigenvalue weighted by atomic mass is 79.9. The van der Waals surface area contributed by atoms with Crippen molar-refractivity contribution in [3.63, 3.8) is 0 Å². The van der Waals surface area contributed by atoms with Gasteiger partial charge < -0.3 is 10.1 Å². The summed E-state index contributed by atoms with van der Waals surface area (Å²) in [6.45, 7) is 2.28. The topological polar surface area (TPSA) is 55.4 Å². The van der Waals surface area contributed by atoms with E-state index >= 15 is 0 Å². The summed E-state index contributed by atoms with van der Waals surface area (Å²) in [4.78, 5) is 24.2. The largest absolute Gasteiger partial charge is 0.466 e. The van der Waals surface area contributed by atoms with Crippen LogP contribution in [0.5, 0.6) is 0 Å². The standard InChI is InChI=1S/C19H24BrNO3/c1-2-24-18(23)12-14-4-3-13(19(14)9-10-19)11-17(22)21-16-7-5-15(20)6-8-16/h5-8,13-14H,2-4,9-12H2,1H3,(H,21,22). The molecule has 1 N–H and O–H groups in total. The third-order valence-electron chi connectivity index (χ3n) is 5.60. The number of hydrogen-bond donors (Lipinski definition) is 1. The average molecular weight is 394 g/mol. The molecule has 1 amide bonds. The second-order valence-corrected chi connectivity index (χ2v) is 7.89. The first kappa shape index (κ1) is 17.5. The normalized spacial score (nSPS) is 23.9. The van der Waals surface area contributed by atoms with E-state index in [-0.39, 0.29) is 17.3 Å². The smallest absolute Gasteiger partial charge is 0.306 e. The minimum atomic E-state index is -0.0891. The molecule has 5 heteroatoms. The third-order valence-corrected chi connectivity index (χ3v) is 6.12. The molecular formula is C19H24BrNO3. The molecule has 0 aliphatic heterocycles. The van der Waals surface area contributed by atoms with E-state index in [2.05, 4.69) is 21.2 Å². The van der Waals surface area contributed by atoms with Crippen LogP contribution in [0.2, 0.25) is 0 Å². The van der Waals surface area contributed by atoms with Gasteiger partial charge in [-0.25, -0.2) is 0 Å². The van der Waals surface area contributed by atoms with Crippen molar-refractivity contribution in [2.24, 2.45) is 17.3 Å². The van der Waals surface area contributed by atoms with Gasteiger partial charge in [-0.1, -0.05) is 15.9 Å². The van der Waals surface area contributed by atoms with Crippen molar-refractivity contribution in [3.8, 4) is 0 Å². The molecular weight excluding hydrogens is 370 g/mol. The number of carbonyl (C=O) groups excluding carboxylic acids is 2. The maximum atomic E-state index is 12.4.